The van der Waals surface area contributed by atoms with Crippen LogP contribution in [0.15, 0.2) is 18.5 Å². The topological polar surface area (TPSA) is 71.9 Å². The van der Waals surface area contributed by atoms with Crippen LogP contribution in [-0.4, -0.2) is 61.4 Å². The van der Waals surface area contributed by atoms with Gasteiger partial charge in [-0.1, -0.05) is 0 Å². The fraction of sp³-hybridized carbons (Fsp3) is 0.538. The summed E-state index contributed by atoms with van der Waals surface area (Å²) in [5.41, 5.74) is 0.369. The molecule has 0 fully saturated rings. The lowest BCUT2D eigenvalue weighted by molar-refractivity contribution is 0.0673. The van der Waals surface area contributed by atoms with Crippen LogP contribution in [-0.2, 0) is 9.47 Å². The Morgan fingerprint density at radius 1 is 1.26 bits per heavy atom. The molecule has 0 aliphatic rings. The molecular weight excluding hydrogens is 248 g/mol. The van der Waals surface area contributed by atoms with Crippen LogP contribution in [0.4, 0.5) is 0 Å². The van der Waals surface area contributed by atoms with Crippen LogP contribution < -0.4 is 0 Å². The van der Waals surface area contributed by atoms with Crippen LogP contribution in [0.2, 0.25) is 0 Å². The number of aromatic hydroxyl groups is 1. The van der Waals surface area contributed by atoms with Crippen LogP contribution in [0.5, 0.6) is 5.75 Å². The van der Waals surface area contributed by atoms with Gasteiger partial charge in [-0.25, -0.2) is 0 Å². The number of carbonyl (C=O) groups excluding carboxylic acids is 1. The fourth-order valence-corrected chi connectivity index (χ4v) is 1.64. The highest BCUT2D eigenvalue weighted by molar-refractivity contribution is 5.94. The van der Waals surface area contributed by atoms with Gasteiger partial charge in [-0.05, 0) is 12.5 Å². The zero-order chi connectivity index (χ0) is 14.1. The molecule has 0 bridgehead atoms. The number of carbonyl (C=O) groups is 1. The van der Waals surface area contributed by atoms with Crippen molar-refractivity contribution in [2.24, 2.45) is 0 Å². The molecule has 1 amide bonds. The first-order valence-electron chi connectivity index (χ1n) is 6.10. The molecule has 0 saturated carbocycles. The molecule has 6 heteroatoms. The van der Waals surface area contributed by atoms with Gasteiger partial charge in [0.15, 0.2) is 0 Å². The summed E-state index contributed by atoms with van der Waals surface area (Å²) in [6.45, 7) is 2.13. The summed E-state index contributed by atoms with van der Waals surface area (Å²) < 4.78 is 9.98. The van der Waals surface area contributed by atoms with E-state index >= 15 is 0 Å². The van der Waals surface area contributed by atoms with E-state index in [1.54, 1.807) is 19.1 Å². The summed E-state index contributed by atoms with van der Waals surface area (Å²) >= 11 is 0. The average molecular weight is 268 g/mol. The lowest BCUT2D eigenvalue weighted by atomic mass is 10.2. The summed E-state index contributed by atoms with van der Waals surface area (Å²) in [5.74, 6) is -0.189. The largest absolute Gasteiger partial charge is 0.506 e. The number of amides is 1. The third-order valence-corrected chi connectivity index (χ3v) is 2.60. The van der Waals surface area contributed by atoms with Gasteiger partial charge >= 0.3 is 0 Å². The molecule has 0 saturated heterocycles. The molecule has 1 rings (SSSR count). The molecular formula is C13H20N2O4. The van der Waals surface area contributed by atoms with Gasteiger partial charge in [-0.15, -0.1) is 0 Å². The van der Waals surface area contributed by atoms with Gasteiger partial charge in [0.1, 0.15) is 5.75 Å². The SMILES string of the molecule is COCCCN(CCOC)C(=O)c1cncc(O)c1. The summed E-state index contributed by atoms with van der Waals surface area (Å²) in [6.07, 6.45) is 3.48. The molecule has 0 unspecified atom stereocenters. The van der Waals surface area contributed by atoms with Crippen molar-refractivity contribution in [1.82, 2.24) is 9.88 Å². The molecule has 1 N–H and O–H groups in total. The second kappa shape index (κ2) is 8.44. The predicted molar refractivity (Wildman–Crippen MR) is 70.2 cm³/mol. The van der Waals surface area contributed by atoms with Crippen molar-refractivity contribution in [2.45, 2.75) is 6.42 Å². The van der Waals surface area contributed by atoms with Crippen molar-refractivity contribution in [1.29, 1.82) is 0 Å². The summed E-state index contributed by atoms with van der Waals surface area (Å²) in [7, 11) is 3.22. The maximum Gasteiger partial charge on any atom is 0.255 e. The fourth-order valence-electron chi connectivity index (χ4n) is 1.64. The molecule has 19 heavy (non-hydrogen) atoms. The Hall–Kier alpha value is -1.66. The van der Waals surface area contributed by atoms with E-state index in [9.17, 15) is 9.90 Å². The zero-order valence-corrected chi connectivity index (χ0v) is 11.3. The van der Waals surface area contributed by atoms with Crippen molar-refractivity contribution in [3.05, 3.63) is 24.0 Å². The van der Waals surface area contributed by atoms with E-state index < -0.39 is 0 Å². The standard InChI is InChI=1S/C13H20N2O4/c1-18-6-3-4-15(5-7-19-2)13(17)11-8-12(16)10-14-9-11/h8-10,16H,3-7H2,1-2H3. The van der Waals surface area contributed by atoms with Crippen LogP contribution in [0, 0.1) is 0 Å². The number of aromatic nitrogens is 1. The van der Waals surface area contributed by atoms with Gasteiger partial charge in [-0.3, -0.25) is 9.78 Å². The smallest absolute Gasteiger partial charge is 0.255 e. The Kier molecular flexibility index (Phi) is 6.84. The summed E-state index contributed by atoms with van der Waals surface area (Å²) in [6, 6.07) is 1.41. The Balaban J connectivity index is 2.69. The van der Waals surface area contributed by atoms with Crippen LogP contribution in [0.3, 0.4) is 0 Å². The second-order valence-corrected chi connectivity index (χ2v) is 4.06. The Morgan fingerprint density at radius 2 is 2.00 bits per heavy atom. The van der Waals surface area contributed by atoms with E-state index in [0.717, 1.165) is 6.42 Å². The van der Waals surface area contributed by atoms with Gasteiger partial charge in [0.05, 0.1) is 18.4 Å². The molecule has 1 heterocycles. The Bertz CT molecular complexity index is 398. The lowest BCUT2D eigenvalue weighted by Crippen LogP contribution is -2.35. The molecule has 0 aliphatic carbocycles. The van der Waals surface area contributed by atoms with E-state index in [0.29, 0.717) is 31.9 Å². The highest BCUT2D eigenvalue weighted by atomic mass is 16.5. The Labute approximate surface area is 113 Å². The Morgan fingerprint density at radius 3 is 2.63 bits per heavy atom. The van der Waals surface area contributed by atoms with Crippen LogP contribution in [0.1, 0.15) is 16.8 Å². The highest BCUT2D eigenvalue weighted by Crippen LogP contribution is 2.11. The maximum atomic E-state index is 12.3. The van der Waals surface area contributed by atoms with E-state index in [1.165, 1.54) is 18.5 Å². The number of pyridine rings is 1. The molecule has 0 atom stereocenters. The second-order valence-electron chi connectivity index (χ2n) is 4.06. The number of hydrogen-bond donors (Lipinski definition) is 1. The lowest BCUT2D eigenvalue weighted by Gasteiger charge is -2.22. The number of ether oxygens (including phenoxy) is 2. The summed E-state index contributed by atoms with van der Waals surface area (Å²) in [5, 5.41) is 9.36. The number of rotatable bonds is 8. The number of nitrogens with zero attached hydrogens (tertiary/aromatic N) is 2. The first kappa shape index (κ1) is 15.4. The first-order chi connectivity index (χ1) is 9.19. The third kappa shape index (κ3) is 5.23. The third-order valence-electron chi connectivity index (χ3n) is 2.60. The van der Waals surface area contributed by atoms with Gasteiger partial charge < -0.3 is 19.5 Å². The molecule has 0 radical (unpaired) electrons. The molecule has 1 aromatic heterocycles. The zero-order valence-electron chi connectivity index (χ0n) is 11.3. The van der Waals surface area contributed by atoms with Gasteiger partial charge in [-0.2, -0.15) is 0 Å². The van der Waals surface area contributed by atoms with Gasteiger partial charge in [0, 0.05) is 40.1 Å². The summed E-state index contributed by atoms with van der Waals surface area (Å²) in [4.78, 5) is 17.8. The quantitative estimate of drug-likeness (QED) is 0.710. The molecule has 0 aromatic carbocycles. The molecule has 6 nitrogen and oxygen atoms in total. The van der Waals surface area contributed by atoms with E-state index in [1.807, 2.05) is 0 Å². The number of methoxy groups -OCH3 is 2. The van der Waals surface area contributed by atoms with E-state index in [2.05, 4.69) is 4.98 Å². The van der Waals surface area contributed by atoms with Crippen molar-refractivity contribution in [2.75, 3.05) is 40.5 Å². The van der Waals surface area contributed by atoms with Crippen LogP contribution in [0.25, 0.3) is 0 Å². The predicted octanol–water partition coefficient (Wildman–Crippen LogP) is 0.912. The van der Waals surface area contributed by atoms with Crippen molar-refractivity contribution in [3.8, 4) is 5.75 Å². The first-order valence-corrected chi connectivity index (χ1v) is 6.10. The average Bonchev–Trinajstić information content (AvgIpc) is 2.42. The monoisotopic (exact) mass is 268 g/mol. The minimum absolute atomic E-state index is 0.0190. The van der Waals surface area contributed by atoms with Gasteiger partial charge in [0.2, 0.25) is 0 Å². The van der Waals surface area contributed by atoms with Crippen molar-refractivity contribution >= 4 is 5.91 Å². The number of hydrogen-bond acceptors (Lipinski definition) is 5. The van der Waals surface area contributed by atoms with Crippen LogP contribution >= 0.6 is 0 Å². The maximum absolute atomic E-state index is 12.3. The molecule has 0 spiro atoms. The van der Waals surface area contributed by atoms with Crippen molar-refractivity contribution in [3.63, 3.8) is 0 Å². The minimum Gasteiger partial charge on any atom is -0.506 e. The minimum atomic E-state index is -0.170. The van der Waals surface area contributed by atoms with E-state index in [-0.39, 0.29) is 11.7 Å². The van der Waals surface area contributed by atoms with Gasteiger partial charge in [0.25, 0.3) is 5.91 Å². The normalized spacial score (nSPS) is 10.4. The molecule has 106 valence electrons. The molecule has 0 aliphatic heterocycles. The molecule has 1 aromatic rings. The van der Waals surface area contributed by atoms with Crippen molar-refractivity contribution < 1.29 is 19.4 Å². The van der Waals surface area contributed by atoms with E-state index in [4.69, 9.17) is 9.47 Å². The highest BCUT2D eigenvalue weighted by Gasteiger charge is 2.16.